The van der Waals surface area contributed by atoms with Gasteiger partial charge in [-0.2, -0.15) is 0 Å². The summed E-state index contributed by atoms with van der Waals surface area (Å²) in [7, 11) is 0. The van der Waals surface area contributed by atoms with Crippen molar-refractivity contribution in [3.05, 3.63) is 57.0 Å². The first-order chi connectivity index (χ1) is 11.1. The minimum absolute atomic E-state index is 0.130. The smallest absolute Gasteiger partial charge is 0.0409 e. The second-order valence-corrected chi connectivity index (χ2v) is 8.02. The molecule has 0 atom stereocenters. The molecule has 2 aromatic rings. The largest absolute Gasteiger partial charge is 0.0843 e. The van der Waals surface area contributed by atoms with Crippen LogP contribution in [0.2, 0.25) is 5.02 Å². The molecule has 0 saturated carbocycles. The van der Waals surface area contributed by atoms with Crippen LogP contribution < -0.4 is 0 Å². The SMILES string of the molecule is CCCCC1(CCCC)c2cc(Cl)ccc2-c2ccc(Br)cc21. The zero-order valence-electron chi connectivity index (χ0n) is 14.0. The van der Waals surface area contributed by atoms with Crippen LogP contribution in [0.4, 0.5) is 0 Å². The Bertz CT molecular complexity index is 643. The van der Waals surface area contributed by atoms with E-state index in [2.05, 4.69) is 60.1 Å². The minimum atomic E-state index is 0.130. The molecule has 0 unspecified atom stereocenters. The van der Waals surface area contributed by atoms with E-state index in [0.29, 0.717) is 0 Å². The van der Waals surface area contributed by atoms with Gasteiger partial charge >= 0.3 is 0 Å². The fourth-order valence-corrected chi connectivity index (χ4v) is 4.59. The van der Waals surface area contributed by atoms with Gasteiger partial charge in [-0.15, -0.1) is 0 Å². The van der Waals surface area contributed by atoms with Crippen molar-refractivity contribution < 1.29 is 0 Å². The Morgan fingerprint density at radius 2 is 1.43 bits per heavy atom. The fraction of sp³-hybridized carbons (Fsp3) is 0.429. The lowest BCUT2D eigenvalue weighted by Gasteiger charge is -2.32. The predicted molar refractivity (Wildman–Crippen MR) is 104 cm³/mol. The number of hydrogen-bond acceptors (Lipinski definition) is 0. The first-order valence-corrected chi connectivity index (χ1v) is 9.90. The first kappa shape index (κ1) is 17.0. The summed E-state index contributed by atoms with van der Waals surface area (Å²) >= 11 is 10.1. The lowest BCUT2D eigenvalue weighted by Crippen LogP contribution is -2.25. The molecule has 0 spiro atoms. The fourth-order valence-electron chi connectivity index (χ4n) is 4.06. The van der Waals surface area contributed by atoms with Gasteiger partial charge in [-0.25, -0.2) is 0 Å². The monoisotopic (exact) mass is 390 g/mol. The second kappa shape index (κ2) is 6.99. The molecule has 0 radical (unpaired) electrons. The van der Waals surface area contributed by atoms with Crippen LogP contribution in [-0.2, 0) is 5.41 Å². The van der Waals surface area contributed by atoms with Crippen molar-refractivity contribution in [2.45, 2.75) is 57.8 Å². The summed E-state index contributed by atoms with van der Waals surface area (Å²) < 4.78 is 1.17. The molecular formula is C21H24BrCl. The molecular weight excluding hydrogens is 368 g/mol. The van der Waals surface area contributed by atoms with Crippen molar-refractivity contribution in [2.24, 2.45) is 0 Å². The number of unbranched alkanes of at least 4 members (excludes halogenated alkanes) is 2. The number of hydrogen-bond donors (Lipinski definition) is 0. The van der Waals surface area contributed by atoms with E-state index in [1.807, 2.05) is 6.07 Å². The second-order valence-electron chi connectivity index (χ2n) is 6.67. The van der Waals surface area contributed by atoms with Gasteiger partial charge in [0.25, 0.3) is 0 Å². The van der Waals surface area contributed by atoms with E-state index in [9.17, 15) is 0 Å². The first-order valence-electron chi connectivity index (χ1n) is 8.73. The average Bonchev–Trinajstić information content (AvgIpc) is 2.80. The lowest BCUT2D eigenvalue weighted by atomic mass is 9.71. The van der Waals surface area contributed by atoms with Gasteiger partial charge in [0.05, 0.1) is 0 Å². The van der Waals surface area contributed by atoms with E-state index < -0.39 is 0 Å². The standard InChI is InChI=1S/C21H24BrCl/c1-3-5-11-21(12-6-4-2)19-13-15(22)7-9-17(19)18-10-8-16(23)14-20(18)21/h7-10,13-14H,3-6,11-12H2,1-2H3. The highest BCUT2D eigenvalue weighted by Crippen LogP contribution is 2.55. The van der Waals surface area contributed by atoms with Crippen molar-refractivity contribution in [3.63, 3.8) is 0 Å². The lowest BCUT2D eigenvalue weighted by molar-refractivity contribution is 0.414. The predicted octanol–water partition coefficient (Wildman–Crippen LogP) is 7.75. The summed E-state index contributed by atoms with van der Waals surface area (Å²) in [6.45, 7) is 4.56. The van der Waals surface area contributed by atoms with Gasteiger partial charge in [0.1, 0.15) is 0 Å². The Labute approximate surface area is 153 Å². The molecule has 1 aliphatic carbocycles. The molecule has 0 amide bonds. The number of fused-ring (bicyclic) bond motifs is 3. The minimum Gasteiger partial charge on any atom is -0.0843 e. The average molecular weight is 392 g/mol. The molecule has 122 valence electrons. The van der Waals surface area contributed by atoms with E-state index in [0.717, 1.165) is 5.02 Å². The van der Waals surface area contributed by atoms with E-state index in [4.69, 9.17) is 11.6 Å². The normalized spacial score (nSPS) is 14.6. The van der Waals surface area contributed by atoms with Crippen molar-refractivity contribution in [1.29, 1.82) is 0 Å². The maximum absolute atomic E-state index is 6.38. The maximum Gasteiger partial charge on any atom is 0.0409 e. The van der Waals surface area contributed by atoms with Gasteiger partial charge in [0, 0.05) is 14.9 Å². The van der Waals surface area contributed by atoms with Gasteiger partial charge in [-0.1, -0.05) is 79.2 Å². The topological polar surface area (TPSA) is 0 Å². The Balaban J connectivity index is 2.23. The Morgan fingerprint density at radius 3 is 2.04 bits per heavy atom. The van der Waals surface area contributed by atoms with Crippen molar-refractivity contribution in [3.8, 4) is 11.1 Å². The molecule has 0 heterocycles. The summed E-state index contributed by atoms with van der Waals surface area (Å²) in [4.78, 5) is 0. The highest BCUT2D eigenvalue weighted by molar-refractivity contribution is 9.10. The highest BCUT2D eigenvalue weighted by Gasteiger charge is 2.42. The molecule has 1 aliphatic rings. The van der Waals surface area contributed by atoms with Gasteiger partial charge < -0.3 is 0 Å². The summed E-state index contributed by atoms with van der Waals surface area (Å²) in [5.74, 6) is 0. The molecule has 0 aliphatic heterocycles. The molecule has 0 aromatic heterocycles. The van der Waals surface area contributed by atoms with Crippen molar-refractivity contribution in [1.82, 2.24) is 0 Å². The van der Waals surface area contributed by atoms with Crippen LogP contribution in [0.25, 0.3) is 11.1 Å². The quantitative estimate of drug-likeness (QED) is 0.472. The van der Waals surface area contributed by atoms with Crippen LogP contribution in [0.5, 0.6) is 0 Å². The number of benzene rings is 2. The van der Waals surface area contributed by atoms with E-state index >= 15 is 0 Å². The third-order valence-electron chi connectivity index (χ3n) is 5.20. The summed E-state index contributed by atoms with van der Waals surface area (Å²) in [6, 6.07) is 13.2. The van der Waals surface area contributed by atoms with Crippen LogP contribution in [0.15, 0.2) is 40.9 Å². The Morgan fingerprint density at radius 1 is 0.870 bits per heavy atom. The van der Waals surface area contributed by atoms with Crippen molar-refractivity contribution in [2.75, 3.05) is 0 Å². The van der Waals surface area contributed by atoms with Gasteiger partial charge in [-0.3, -0.25) is 0 Å². The Kier molecular flexibility index (Phi) is 5.18. The third-order valence-corrected chi connectivity index (χ3v) is 5.93. The van der Waals surface area contributed by atoms with E-state index in [-0.39, 0.29) is 5.41 Å². The maximum atomic E-state index is 6.38. The van der Waals surface area contributed by atoms with Gasteiger partial charge in [0.2, 0.25) is 0 Å². The van der Waals surface area contributed by atoms with Gasteiger partial charge in [0.15, 0.2) is 0 Å². The molecule has 0 fully saturated rings. The zero-order chi connectivity index (χ0) is 16.4. The van der Waals surface area contributed by atoms with Crippen LogP contribution in [0.1, 0.15) is 63.5 Å². The number of halogens is 2. The summed E-state index contributed by atoms with van der Waals surface area (Å²) in [5.41, 5.74) is 5.84. The van der Waals surface area contributed by atoms with Crippen LogP contribution in [0.3, 0.4) is 0 Å². The molecule has 2 aromatic carbocycles. The zero-order valence-corrected chi connectivity index (χ0v) is 16.3. The molecule has 2 heteroatoms. The van der Waals surface area contributed by atoms with Gasteiger partial charge in [-0.05, 0) is 59.4 Å². The highest BCUT2D eigenvalue weighted by atomic mass is 79.9. The van der Waals surface area contributed by atoms with Crippen LogP contribution >= 0.6 is 27.5 Å². The molecule has 0 N–H and O–H groups in total. The van der Waals surface area contributed by atoms with Crippen molar-refractivity contribution >= 4 is 27.5 Å². The molecule has 0 bridgehead atoms. The molecule has 3 rings (SSSR count). The summed E-state index contributed by atoms with van der Waals surface area (Å²) in [6.07, 6.45) is 7.38. The Hall–Kier alpha value is -0.790. The molecule has 0 saturated heterocycles. The van der Waals surface area contributed by atoms with Crippen LogP contribution in [-0.4, -0.2) is 0 Å². The summed E-state index contributed by atoms with van der Waals surface area (Å²) in [5, 5.41) is 0.855. The number of rotatable bonds is 6. The molecule has 23 heavy (non-hydrogen) atoms. The van der Waals surface area contributed by atoms with E-state index in [1.165, 1.54) is 65.3 Å². The third kappa shape index (κ3) is 2.98. The molecule has 0 nitrogen and oxygen atoms in total. The van der Waals surface area contributed by atoms with E-state index in [1.54, 1.807) is 0 Å². The van der Waals surface area contributed by atoms with Crippen LogP contribution in [0, 0.1) is 0 Å².